The Hall–Kier alpha value is -1.43. The van der Waals surface area contributed by atoms with Crippen LogP contribution in [0, 0.1) is 6.92 Å². The quantitative estimate of drug-likeness (QED) is 0.641. The summed E-state index contributed by atoms with van der Waals surface area (Å²) in [4.78, 5) is 4.46. The van der Waals surface area contributed by atoms with Crippen LogP contribution in [0.25, 0.3) is 0 Å². The first-order chi connectivity index (χ1) is 8.72. The van der Waals surface area contributed by atoms with Gasteiger partial charge in [0.25, 0.3) is 0 Å². The number of nitrogens with zero attached hydrogens (tertiary/aromatic N) is 1. The lowest BCUT2D eigenvalue weighted by atomic mass is 10.0. The molecule has 0 fully saturated rings. The van der Waals surface area contributed by atoms with Crippen molar-refractivity contribution >= 4 is 11.3 Å². The van der Waals surface area contributed by atoms with Crippen LogP contribution in [0.5, 0.6) is 5.75 Å². The van der Waals surface area contributed by atoms with Gasteiger partial charge < -0.3 is 4.74 Å². The largest absolute Gasteiger partial charge is 0.497 e. The molecule has 0 aliphatic heterocycles. The molecular weight excluding hydrogens is 246 g/mol. The van der Waals surface area contributed by atoms with Crippen LogP contribution < -0.4 is 16.0 Å². The molecule has 4 nitrogen and oxygen atoms in total. The summed E-state index contributed by atoms with van der Waals surface area (Å²) in [6.45, 7) is 2.00. The Bertz CT molecular complexity index is 512. The summed E-state index contributed by atoms with van der Waals surface area (Å²) in [6, 6.07) is 7.96. The minimum absolute atomic E-state index is 0.0469. The van der Waals surface area contributed by atoms with Gasteiger partial charge in [-0.3, -0.25) is 11.3 Å². The first-order valence-electron chi connectivity index (χ1n) is 5.74. The molecular formula is C13H17N3OS. The zero-order valence-corrected chi connectivity index (χ0v) is 11.3. The van der Waals surface area contributed by atoms with Crippen molar-refractivity contribution in [3.8, 4) is 5.75 Å². The second-order valence-corrected chi connectivity index (χ2v) is 5.03. The van der Waals surface area contributed by atoms with E-state index in [1.54, 1.807) is 18.4 Å². The highest BCUT2D eigenvalue weighted by Gasteiger charge is 2.13. The number of hydrogen-bond acceptors (Lipinski definition) is 5. The van der Waals surface area contributed by atoms with Crippen LogP contribution in [0.3, 0.4) is 0 Å². The number of nitrogens with one attached hydrogen (secondary N) is 1. The minimum Gasteiger partial charge on any atom is -0.497 e. The third-order valence-electron chi connectivity index (χ3n) is 2.74. The summed E-state index contributed by atoms with van der Waals surface area (Å²) >= 11 is 1.66. The standard InChI is InChI=1S/C13H17N3OS/c1-9-8-18-13(15-9)7-12(16-14)10-4-3-5-11(6-10)17-2/h3-6,8,12,16H,7,14H2,1-2H3. The highest BCUT2D eigenvalue weighted by atomic mass is 32.1. The molecule has 0 spiro atoms. The molecule has 1 atom stereocenters. The highest BCUT2D eigenvalue weighted by Crippen LogP contribution is 2.23. The third kappa shape index (κ3) is 3.07. The van der Waals surface area contributed by atoms with Crippen molar-refractivity contribution < 1.29 is 4.74 Å². The fraction of sp³-hybridized carbons (Fsp3) is 0.308. The Balaban J connectivity index is 2.17. The fourth-order valence-electron chi connectivity index (χ4n) is 1.80. The van der Waals surface area contributed by atoms with Gasteiger partial charge >= 0.3 is 0 Å². The van der Waals surface area contributed by atoms with E-state index in [4.69, 9.17) is 10.6 Å². The number of hydrogen-bond donors (Lipinski definition) is 2. The number of methoxy groups -OCH3 is 1. The lowest BCUT2D eigenvalue weighted by molar-refractivity contribution is 0.413. The molecule has 0 saturated heterocycles. The Kier molecular flexibility index (Phi) is 4.30. The zero-order chi connectivity index (χ0) is 13.0. The van der Waals surface area contributed by atoms with Gasteiger partial charge in [-0.2, -0.15) is 0 Å². The average Bonchev–Trinajstić information content (AvgIpc) is 2.81. The maximum Gasteiger partial charge on any atom is 0.119 e. The molecule has 2 rings (SSSR count). The van der Waals surface area contributed by atoms with Crippen LogP contribution in [-0.2, 0) is 6.42 Å². The second kappa shape index (κ2) is 5.95. The predicted molar refractivity (Wildman–Crippen MR) is 73.6 cm³/mol. The summed E-state index contributed by atoms with van der Waals surface area (Å²) in [5.41, 5.74) is 4.99. The second-order valence-electron chi connectivity index (χ2n) is 4.08. The van der Waals surface area contributed by atoms with Crippen molar-refractivity contribution in [1.82, 2.24) is 10.4 Å². The molecule has 0 saturated carbocycles. The highest BCUT2D eigenvalue weighted by molar-refractivity contribution is 7.09. The first-order valence-corrected chi connectivity index (χ1v) is 6.62. The summed E-state index contributed by atoms with van der Waals surface area (Å²) in [7, 11) is 1.66. The van der Waals surface area contributed by atoms with E-state index < -0.39 is 0 Å². The Morgan fingerprint density at radius 3 is 2.94 bits per heavy atom. The Labute approximate surface area is 111 Å². The van der Waals surface area contributed by atoms with Gasteiger partial charge in [-0.25, -0.2) is 4.98 Å². The van der Waals surface area contributed by atoms with Gasteiger partial charge in [-0.1, -0.05) is 12.1 Å². The first kappa shape index (κ1) is 13.0. The average molecular weight is 263 g/mol. The van der Waals surface area contributed by atoms with Crippen LogP contribution in [0.4, 0.5) is 0 Å². The van der Waals surface area contributed by atoms with Crippen molar-refractivity contribution in [1.29, 1.82) is 0 Å². The summed E-state index contributed by atoms with van der Waals surface area (Å²) in [6.07, 6.45) is 0.780. The molecule has 0 aliphatic carbocycles. The van der Waals surface area contributed by atoms with E-state index in [1.165, 1.54) is 0 Å². The van der Waals surface area contributed by atoms with Gasteiger partial charge in [0.1, 0.15) is 5.75 Å². The van der Waals surface area contributed by atoms with E-state index in [2.05, 4.69) is 15.8 Å². The van der Waals surface area contributed by atoms with Gasteiger partial charge in [0.2, 0.25) is 0 Å². The van der Waals surface area contributed by atoms with Crippen LogP contribution >= 0.6 is 11.3 Å². The molecule has 1 aromatic heterocycles. The summed E-state index contributed by atoms with van der Waals surface area (Å²) in [5, 5.41) is 3.13. The van der Waals surface area contributed by atoms with Crippen molar-refractivity contribution in [3.05, 3.63) is 45.9 Å². The Morgan fingerprint density at radius 1 is 1.50 bits per heavy atom. The molecule has 0 radical (unpaired) electrons. The monoisotopic (exact) mass is 263 g/mol. The van der Waals surface area contributed by atoms with E-state index >= 15 is 0 Å². The number of ether oxygens (including phenoxy) is 1. The number of hydrazine groups is 1. The van der Waals surface area contributed by atoms with Crippen molar-refractivity contribution in [2.45, 2.75) is 19.4 Å². The maximum absolute atomic E-state index is 5.64. The van der Waals surface area contributed by atoms with Crippen LogP contribution in [-0.4, -0.2) is 12.1 Å². The predicted octanol–water partition coefficient (Wildman–Crippen LogP) is 2.21. The van der Waals surface area contributed by atoms with Gasteiger partial charge in [0.05, 0.1) is 18.2 Å². The molecule has 96 valence electrons. The van der Waals surface area contributed by atoms with Crippen LogP contribution in [0.1, 0.15) is 22.3 Å². The minimum atomic E-state index is 0.0469. The Morgan fingerprint density at radius 2 is 2.33 bits per heavy atom. The number of rotatable bonds is 5. The molecule has 18 heavy (non-hydrogen) atoms. The molecule has 1 heterocycles. The number of aromatic nitrogens is 1. The molecule has 0 amide bonds. The van der Waals surface area contributed by atoms with E-state index in [1.807, 2.05) is 31.2 Å². The van der Waals surface area contributed by atoms with E-state index in [0.717, 1.165) is 28.4 Å². The summed E-state index contributed by atoms with van der Waals surface area (Å²) < 4.78 is 5.22. The molecule has 1 unspecified atom stereocenters. The number of thiazole rings is 1. The normalized spacial score (nSPS) is 12.4. The topological polar surface area (TPSA) is 60.2 Å². The van der Waals surface area contributed by atoms with Crippen LogP contribution in [0.15, 0.2) is 29.6 Å². The van der Waals surface area contributed by atoms with Gasteiger partial charge in [0, 0.05) is 17.5 Å². The number of nitrogens with two attached hydrogens (primary N) is 1. The van der Waals surface area contributed by atoms with Gasteiger partial charge in [0.15, 0.2) is 0 Å². The molecule has 1 aromatic carbocycles. The zero-order valence-electron chi connectivity index (χ0n) is 10.5. The van der Waals surface area contributed by atoms with E-state index in [-0.39, 0.29) is 6.04 Å². The van der Waals surface area contributed by atoms with Gasteiger partial charge in [-0.05, 0) is 24.6 Å². The third-order valence-corrected chi connectivity index (χ3v) is 3.73. The molecule has 3 N–H and O–H groups in total. The van der Waals surface area contributed by atoms with E-state index in [9.17, 15) is 0 Å². The maximum atomic E-state index is 5.64. The molecule has 0 bridgehead atoms. The lowest BCUT2D eigenvalue weighted by Crippen LogP contribution is -2.29. The molecule has 5 heteroatoms. The molecule has 0 aliphatic rings. The molecule has 2 aromatic rings. The van der Waals surface area contributed by atoms with Crippen LogP contribution in [0.2, 0.25) is 0 Å². The van der Waals surface area contributed by atoms with Crippen molar-refractivity contribution in [2.24, 2.45) is 5.84 Å². The van der Waals surface area contributed by atoms with E-state index in [0.29, 0.717) is 0 Å². The number of benzene rings is 1. The lowest BCUT2D eigenvalue weighted by Gasteiger charge is -2.15. The fourth-order valence-corrected chi connectivity index (χ4v) is 2.62. The smallest absolute Gasteiger partial charge is 0.119 e. The number of aryl methyl sites for hydroxylation is 1. The van der Waals surface area contributed by atoms with Crippen molar-refractivity contribution in [3.63, 3.8) is 0 Å². The van der Waals surface area contributed by atoms with Crippen molar-refractivity contribution in [2.75, 3.05) is 7.11 Å². The summed E-state index contributed by atoms with van der Waals surface area (Å²) in [5.74, 6) is 6.47. The van der Waals surface area contributed by atoms with Gasteiger partial charge in [-0.15, -0.1) is 11.3 Å². The SMILES string of the molecule is COc1cccc(C(Cc2nc(C)cs2)NN)c1.